The van der Waals surface area contributed by atoms with Gasteiger partial charge in [-0.25, -0.2) is 4.39 Å². The molecule has 5 rings (SSSR count). The molecule has 182 valence electrons. The third-order valence-corrected chi connectivity index (χ3v) is 7.68. The lowest BCUT2D eigenvalue weighted by molar-refractivity contribution is -0.137. The van der Waals surface area contributed by atoms with Crippen molar-refractivity contribution >= 4 is 24.2 Å². The van der Waals surface area contributed by atoms with Crippen LogP contribution in [-0.2, 0) is 18.6 Å². The number of piperidine rings is 1. The zero-order valence-electron chi connectivity index (χ0n) is 18.3. The van der Waals surface area contributed by atoms with Crippen LogP contribution in [0, 0.1) is 11.7 Å². The molecule has 3 aromatic rings. The topological polar surface area (TPSA) is 59.7 Å². The Balaban J connectivity index is 0.00000274. The summed E-state index contributed by atoms with van der Waals surface area (Å²) in [5, 5.41) is 17.0. The van der Waals surface area contributed by atoms with Crippen molar-refractivity contribution < 1.29 is 17.6 Å². The minimum Gasteiger partial charge on any atom is -0.305 e. The maximum atomic E-state index is 14.5. The van der Waals surface area contributed by atoms with Crippen molar-refractivity contribution in [1.82, 2.24) is 29.9 Å². The minimum absolute atomic E-state index is 0. The highest BCUT2D eigenvalue weighted by molar-refractivity contribution is 7.99. The van der Waals surface area contributed by atoms with E-state index in [0.29, 0.717) is 24.1 Å². The summed E-state index contributed by atoms with van der Waals surface area (Å²) in [6.45, 7) is 2.40. The first-order chi connectivity index (χ1) is 15.8. The SMILES string of the molecule is Cl.Cn1c(SCCCN2C[C@@H]3C[C@]3(c3ccc(C(F)(F)F)cc3F)C2)nnc1-c1ccnnc1. The van der Waals surface area contributed by atoms with Gasteiger partial charge in [-0.05, 0) is 49.1 Å². The highest BCUT2D eigenvalue weighted by atomic mass is 35.5. The zero-order valence-corrected chi connectivity index (χ0v) is 19.9. The van der Waals surface area contributed by atoms with Crippen molar-refractivity contribution in [3.8, 4) is 11.4 Å². The number of aromatic nitrogens is 5. The highest BCUT2D eigenvalue weighted by Gasteiger charge is 2.61. The average Bonchev–Trinajstić information content (AvgIpc) is 3.15. The molecule has 2 fully saturated rings. The molecule has 0 bridgehead atoms. The van der Waals surface area contributed by atoms with Crippen LogP contribution in [0.2, 0.25) is 0 Å². The first-order valence-electron chi connectivity index (χ1n) is 10.7. The van der Waals surface area contributed by atoms with Gasteiger partial charge in [0.25, 0.3) is 0 Å². The van der Waals surface area contributed by atoms with E-state index in [2.05, 4.69) is 25.3 Å². The van der Waals surface area contributed by atoms with Crippen LogP contribution in [0.4, 0.5) is 17.6 Å². The van der Waals surface area contributed by atoms with E-state index in [1.165, 1.54) is 6.07 Å². The molecule has 2 aliphatic rings. The van der Waals surface area contributed by atoms with Crippen LogP contribution < -0.4 is 0 Å². The fourth-order valence-electron chi connectivity index (χ4n) is 4.84. The molecule has 6 nitrogen and oxygen atoms in total. The zero-order chi connectivity index (χ0) is 23.2. The monoisotopic (exact) mass is 514 g/mol. The number of thioether (sulfide) groups is 1. The number of alkyl halides is 3. The van der Waals surface area contributed by atoms with E-state index in [0.717, 1.165) is 54.3 Å². The minimum atomic E-state index is -4.53. The van der Waals surface area contributed by atoms with Crippen LogP contribution in [0.1, 0.15) is 24.0 Å². The predicted molar refractivity (Wildman–Crippen MR) is 122 cm³/mol. The molecule has 2 atom stereocenters. The molecule has 1 aliphatic heterocycles. The molecular weight excluding hydrogens is 492 g/mol. The van der Waals surface area contributed by atoms with Gasteiger partial charge < -0.3 is 9.47 Å². The van der Waals surface area contributed by atoms with E-state index in [1.807, 2.05) is 17.7 Å². The van der Waals surface area contributed by atoms with Gasteiger partial charge in [-0.3, -0.25) is 0 Å². The molecular formula is C22H23ClF4N6S. The molecule has 0 radical (unpaired) electrons. The molecule has 1 aliphatic carbocycles. The van der Waals surface area contributed by atoms with Gasteiger partial charge >= 0.3 is 6.18 Å². The Hall–Kier alpha value is -2.24. The quantitative estimate of drug-likeness (QED) is 0.261. The summed E-state index contributed by atoms with van der Waals surface area (Å²) in [6.07, 6.45) is 0.485. The lowest BCUT2D eigenvalue weighted by atomic mass is 9.93. The van der Waals surface area contributed by atoms with Gasteiger partial charge in [0.2, 0.25) is 0 Å². The summed E-state index contributed by atoms with van der Waals surface area (Å²) in [5.41, 5.74) is 0.00759. The molecule has 0 spiro atoms. The molecule has 0 N–H and O–H groups in total. The Kier molecular flexibility index (Phi) is 6.90. The van der Waals surface area contributed by atoms with Gasteiger partial charge in [0.15, 0.2) is 11.0 Å². The second-order valence-corrected chi connectivity index (χ2v) is 9.75. The molecule has 1 aromatic carbocycles. The number of benzene rings is 1. The molecule has 12 heteroatoms. The van der Waals surface area contributed by atoms with E-state index in [4.69, 9.17) is 0 Å². The second-order valence-electron chi connectivity index (χ2n) is 8.68. The molecule has 34 heavy (non-hydrogen) atoms. The highest BCUT2D eigenvalue weighted by Crippen LogP contribution is 2.59. The van der Waals surface area contributed by atoms with Crippen LogP contribution in [0.25, 0.3) is 11.4 Å². The number of likely N-dealkylation sites (tertiary alicyclic amines) is 1. The number of nitrogens with zero attached hydrogens (tertiary/aromatic N) is 6. The summed E-state index contributed by atoms with van der Waals surface area (Å²) >= 11 is 1.62. The summed E-state index contributed by atoms with van der Waals surface area (Å²) in [7, 11) is 1.91. The Morgan fingerprint density at radius 2 is 2.00 bits per heavy atom. The summed E-state index contributed by atoms with van der Waals surface area (Å²) < 4.78 is 55.1. The van der Waals surface area contributed by atoms with Crippen LogP contribution in [-0.4, -0.2) is 55.2 Å². The fraction of sp³-hybridized carbons (Fsp3) is 0.455. The first-order valence-corrected chi connectivity index (χ1v) is 11.7. The standard InChI is InChI=1S/C22H22F4N6S.ClH/c1-31-19(14-5-6-27-28-11-14)29-30-20(31)33-8-2-7-32-12-16-10-21(16,13-32)17-4-3-15(9-18(17)23)22(24,25)26;/h3-6,9,11,16H,2,7-8,10,12-13H2,1H3;1H/t16-,21-;/m0./s1. The Labute approximate surface area is 204 Å². The second kappa shape index (κ2) is 9.43. The van der Waals surface area contributed by atoms with Gasteiger partial charge in [-0.1, -0.05) is 17.8 Å². The molecule has 3 heterocycles. The first kappa shape index (κ1) is 24.9. The number of rotatable bonds is 7. The molecule has 1 saturated carbocycles. The van der Waals surface area contributed by atoms with Crippen LogP contribution in [0.15, 0.2) is 41.8 Å². The van der Waals surface area contributed by atoms with E-state index < -0.39 is 17.6 Å². The van der Waals surface area contributed by atoms with E-state index in [-0.39, 0.29) is 17.8 Å². The number of halogens is 5. The van der Waals surface area contributed by atoms with Gasteiger partial charge in [0.05, 0.1) is 18.0 Å². The van der Waals surface area contributed by atoms with Gasteiger partial charge in [-0.2, -0.15) is 23.4 Å². The Morgan fingerprint density at radius 3 is 2.71 bits per heavy atom. The third kappa shape index (κ3) is 4.65. The van der Waals surface area contributed by atoms with Gasteiger partial charge in [0, 0.05) is 36.9 Å². The normalized spacial score (nSPS) is 21.9. The number of fused-ring (bicyclic) bond motifs is 1. The van der Waals surface area contributed by atoms with Gasteiger partial charge in [-0.15, -0.1) is 22.6 Å². The third-order valence-electron chi connectivity index (χ3n) is 6.58. The maximum absolute atomic E-state index is 14.5. The van der Waals surface area contributed by atoms with Crippen molar-refractivity contribution in [2.75, 3.05) is 25.4 Å². The fourth-order valence-corrected chi connectivity index (χ4v) is 5.67. The largest absolute Gasteiger partial charge is 0.416 e. The lowest BCUT2D eigenvalue weighted by Crippen LogP contribution is -2.28. The lowest BCUT2D eigenvalue weighted by Gasteiger charge is -2.21. The summed E-state index contributed by atoms with van der Waals surface area (Å²) in [4.78, 5) is 2.29. The summed E-state index contributed by atoms with van der Waals surface area (Å²) in [5.74, 6) is 1.15. The maximum Gasteiger partial charge on any atom is 0.416 e. The van der Waals surface area contributed by atoms with E-state index in [1.54, 1.807) is 24.2 Å². The van der Waals surface area contributed by atoms with Gasteiger partial charge in [0.1, 0.15) is 5.82 Å². The van der Waals surface area contributed by atoms with Crippen LogP contribution in [0.5, 0.6) is 0 Å². The van der Waals surface area contributed by atoms with Crippen molar-refractivity contribution in [3.63, 3.8) is 0 Å². The average molecular weight is 515 g/mol. The molecule has 0 amide bonds. The van der Waals surface area contributed by atoms with Crippen LogP contribution in [0.3, 0.4) is 0 Å². The van der Waals surface area contributed by atoms with E-state index >= 15 is 0 Å². The Morgan fingerprint density at radius 1 is 1.18 bits per heavy atom. The van der Waals surface area contributed by atoms with Crippen molar-refractivity contribution in [3.05, 3.63) is 53.6 Å². The predicted octanol–water partition coefficient (Wildman–Crippen LogP) is 4.61. The number of hydrogen-bond donors (Lipinski definition) is 0. The van der Waals surface area contributed by atoms with Crippen LogP contribution >= 0.6 is 24.2 Å². The molecule has 2 aromatic heterocycles. The smallest absolute Gasteiger partial charge is 0.305 e. The molecule has 1 saturated heterocycles. The van der Waals surface area contributed by atoms with E-state index in [9.17, 15) is 17.6 Å². The van der Waals surface area contributed by atoms with Crippen molar-refractivity contribution in [2.45, 2.75) is 29.6 Å². The Bertz CT molecular complexity index is 1160. The van der Waals surface area contributed by atoms with Crippen molar-refractivity contribution in [2.24, 2.45) is 13.0 Å². The molecule has 0 unspecified atom stereocenters. The number of hydrogen-bond acceptors (Lipinski definition) is 6. The van der Waals surface area contributed by atoms with Crippen molar-refractivity contribution in [1.29, 1.82) is 0 Å². The summed E-state index contributed by atoms with van der Waals surface area (Å²) in [6, 6.07) is 4.80.